The minimum absolute atomic E-state index is 0.234. The topological polar surface area (TPSA) is 141 Å². The van der Waals surface area contributed by atoms with Crippen LogP contribution in [0.4, 0.5) is 10.5 Å². The molecule has 2 N–H and O–H groups in total. The maximum atomic E-state index is 13.4. The molecule has 0 radical (unpaired) electrons. The lowest BCUT2D eigenvalue weighted by Crippen LogP contribution is -2.53. The molecule has 1 aromatic carbocycles. The van der Waals surface area contributed by atoms with Crippen LogP contribution < -0.4 is 5.32 Å². The molecule has 1 aliphatic heterocycles. The number of fused-ring (bicyclic) bond motifs is 2. The van der Waals surface area contributed by atoms with Gasteiger partial charge in [-0.3, -0.25) is 14.4 Å². The number of carbonyl (C=O) groups excluding carboxylic acids is 2. The zero-order valence-corrected chi connectivity index (χ0v) is 27.2. The van der Waals surface area contributed by atoms with Gasteiger partial charge in [-0.25, -0.2) is 9.31 Å². The van der Waals surface area contributed by atoms with E-state index in [4.69, 9.17) is 9.84 Å². The molecule has 3 aromatic heterocycles. The first-order chi connectivity index (χ1) is 21.8. The molecule has 0 unspecified atom stereocenters. The molecule has 0 atom stereocenters. The first kappa shape index (κ1) is 31.5. The van der Waals surface area contributed by atoms with Crippen LogP contribution in [0.1, 0.15) is 88.0 Å². The number of nitrogens with one attached hydrogen (secondary N) is 1. The Morgan fingerprint density at radius 1 is 1.00 bits per heavy atom. The highest BCUT2D eigenvalue weighted by Gasteiger charge is 2.32. The zero-order valence-electron chi connectivity index (χ0n) is 27.2. The molecule has 242 valence electrons. The predicted molar refractivity (Wildman–Crippen MR) is 174 cm³/mol. The highest BCUT2D eigenvalue weighted by Crippen LogP contribution is 2.35. The molecule has 0 bridgehead atoms. The second kappa shape index (κ2) is 12.0. The molecule has 1 aliphatic carbocycles. The van der Waals surface area contributed by atoms with Crippen LogP contribution in [-0.4, -0.2) is 84.1 Å². The molecule has 4 heterocycles. The molecule has 12 heteroatoms. The minimum atomic E-state index is -1.23. The van der Waals surface area contributed by atoms with E-state index in [-0.39, 0.29) is 18.0 Å². The van der Waals surface area contributed by atoms with Gasteiger partial charge in [0.15, 0.2) is 0 Å². The summed E-state index contributed by atoms with van der Waals surface area (Å²) in [5.41, 5.74) is 1.48. The summed E-state index contributed by atoms with van der Waals surface area (Å²) in [6.45, 7) is 12.1. The molecule has 1 saturated heterocycles. The Balaban J connectivity index is 1.13. The van der Waals surface area contributed by atoms with Crippen molar-refractivity contribution < 1.29 is 19.4 Å². The maximum absolute atomic E-state index is 13.4. The van der Waals surface area contributed by atoms with Gasteiger partial charge in [0, 0.05) is 55.1 Å². The monoisotopic (exact) mass is 626 g/mol. The third-order valence-electron chi connectivity index (χ3n) is 8.95. The van der Waals surface area contributed by atoms with Crippen molar-refractivity contribution in [2.24, 2.45) is 0 Å². The normalized spacial score (nSPS) is 19.7. The van der Waals surface area contributed by atoms with E-state index < -0.39 is 11.2 Å². The lowest BCUT2D eigenvalue weighted by atomic mass is 9.90. The fourth-order valence-electron chi connectivity index (χ4n) is 6.59. The van der Waals surface area contributed by atoms with Crippen LogP contribution in [0.5, 0.6) is 0 Å². The molecule has 2 aliphatic rings. The predicted octanol–water partition coefficient (Wildman–Crippen LogP) is 5.07. The summed E-state index contributed by atoms with van der Waals surface area (Å²) < 4.78 is 9.08. The number of piperazine rings is 1. The standard InChI is InChI=1S/C34H42N8O4/c1-33(2,3)46-32(44)40-14-12-39(13-15-40)24-6-8-25(9-7-24)41-21-23-17-29(27(34(4,5)45)18-28(23)38-41)37-31(43)30-11-10-26-16-22(19-35)20-36-42(26)30/h10-11,16-18,20-21,24-25,45H,6-9,12-15H2,1-5H3,(H,37,43). The number of rotatable bonds is 5. The number of hydrogen-bond acceptors (Lipinski definition) is 8. The summed E-state index contributed by atoms with van der Waals surface area (Å²) in [6.07, 6.45) is 7.32. The number of anilines is 1. The Kier molecular flexibility index (Phi) is 8.25. The Morgan fingerprint density at radius 3 is 2.35 bits per heavy atom. The van der Waals surface area contributed by atoms with Gasteiger partial charge in [0.1, 0.15) is 17.4 Å². The molecular weight excluding hydrogens is 584 g/mol. The molecular formula is C34H42N8O4. The molecule has 1 saturated carbocycles. The van der Waals surface area contributed by atoms with Gasteiger partial charge in [0.25, 0.3) is 5.91 Å². The average molecular weight is 627 g/mol. The van der Waals surface area contributed by atoms with E-state index in [9.17, 15) is 20.0 Å². The van der Waals surface area contributed by atoms with Crippen LogP contribution >= 0.6 is 0 Å². The fourth-order valence-corrected chi connectivity index (χ4v) is 6.59. The van der Waals surface area contributed by atoms with Crippen molar-refractivity contribution in [3.63, 3.8) is 0 Å². The van der Waals surface area contributed by atoms with Crippen molar-refractivity contribution in [1.82, 2.24) is 29.2 Å². The minimum Gasteiger partial charge on any atom is -0.444 e. The first-order valence-corrected chi connectivity index (χ1v) is 16.0. The molecule has 46 heavy (non-hydrogen) atoms. The maximum Gasteiger partial charge on any atom is 0.410 e. The Labute approximate surface area is 268 Å². The second-order valence-corrected chi connectivity index (χ2v) is 14.0. The molecule has 6 rings (SSSR count). The van der Waals surface area contributed by atoms with Crippen molar-refractivity contribution in [2.45, 2.75) is 83.6 Å². The summed E-state index contributed by atoms with van der Waals surface area (Å²) >= 11 is 0. The van der Waals surface area contributed by atoms with Crippen molar-refractivity contribution >= 4 is 34.1 Å². The Bertz CT molecular complexity index is 1810. The number of carbonyl (C=O) groups is 2. The summed E-state index contributed by atoms with van der Waals surface area (Å²) in [7, 11) is 0. The van der Waals surface area contributed by atoms with Crippen molar-refractivity contribution in [3.05, 3.63) is 59.5 Å². The third-order valence-corrected chi connectivity index (χ3v) is 8.95. The second-order valence-electron chi connectivity index (χ2n) is 14.0. The van der Waals surface area contributed by atoms with E-state index in [1.54, 1.807) is 32.0 Å². The van der Waals surface area contributed by atoms with Gasteiger partial charge in [-0.1, -0.05) is 0 Å². The Hall–Kier alpha value is -4.47. The number of aliphatic hydroxyl groups is 1. The zero-order chi connectivity index (χ0) is 32.8. The van der Waals surface area contributed by atoms with Gasteiger partial charge in [0.2, 0.25) is 0 Å². The number of amides is 2. The molecule has 2 fully saturated rings. The van der Waals surface area contributed by atoms with Crippen LogP contribution in [-0.2, 0) is 10.3 Å². The smallest absolute Gasteiger partial charge is 0.410 e. The fraction of sp³-hybridized carbons (Fsp3) is 0.500. The van der Waals surface area contributed by atoms with E-state index in [0.29, 0.717) is 47.2 Å². The van der Waals surface area contributed by atoms with Gasteiger partial charge in [-0.05, 0) is 90.6 Å². The van der Waals surface area contributed by atoms with Gasteiger partial charge in [0.05, 0.1) is 34.4 Å². The van der Waals surface area contributed by atoms with Crippen LogP contribution in [0.15, 0.2) is 42.7 Å². The summed E-state index contributed by atoms with van der Waals surface area (Å²) in [6, 6.07) is 11.6. The number of nitriles is 1. The van der Waals surface area contributed by atoms with E-state index in [1.807, 2.05) is 48.7 Å². The third kappa shape index (κ3) is 6.57. The number of ether oxygens (including phenoxy) is 1. The summed E-state index contributed by atoms with van der Waals surface area (Å²) in [5.74, 6) is -0.375. The van der Waals surface area contributed by atoms with Crippen molar-refractivity contribution in [1.29, 1.82) is 5.26 Å². The van der Waals surface area contributed by atoms with E-state index in [1.165, 1.54) is 10.7 Å². The van der Waals surface area contributed by atoms with Crippen LogP contribution in [0.2, 0.25) is 0 Å². The molecule has 2 amide bonds. The number of benzene rings is 1. The van der Waals surface area contributed by atoms with Gasteiger partial charge in [-0.2, -0.15) is 15.5 Å². The SMILES string of the molecule is CC(C)(C)OC(=O)N1CCN(C2CCC(n3cc4cc(NC(=O)c5ccc6cc(C#N)cnn56)c(C(C)(C)O)cc4n3)CC2)CC1. The molecule has 12 nitrogen and oxygen atoms in total. The first-order valence-electron chi connectivity index (χ1n) is 16.0. The van der Waals surface area contributed by atoms with Crippen molar-refractivity contribution in [3.8, 4) is 6.07 Å². The van der Waals surface area contributed by atoms with E-state index >= 15 is 0 Å². The largest absolute Gasteiger partial charge is 0.444 e. The Morgan fingerprint density at radius 2 is 1.70 bits per heavy atom. The number of aromatic nitrogens is 4. The quantitative estimate of drug-likeness (QED) is 0.313. The van der Waals surface area contributed by atoms with Crippen LogP contribution in [0, 0.1) is 11.3 Å². The van der Waals surface area contributed by atoms with Gasteiger partial charge in [-0.15, -0.1) is 0 Å². The summed E-state index contributed by atoms with van der Waals surface area (Å²) in [5, 5.41) is 33.2. The lowest BCUT2D eigenvalue weighted by molar-refractivity contribution is 0.00721. The average Bonchev–Trinajstić information content (AvgIpc) is 3.63. The highest BCUT2D eigenvalue weighted by atomic mass is 16.6. The van der Waals surface area contributed by atoms with Gasteiger partial charge < -0.3 is 20.1 Å². The molecule has 0 spiro atoms. The van der Waals surface area contributed by atoms with E-state index in [2.05, 4.69) is 21.4 Å². The molecule has 4 aromatic rings. The van der Waals surface area contributed by atoms with Gasteiger partial charge >= 0.3 is 6.09 Å². The van der Waals surface area contributed by atoms with Crippen LogP contribution in [0.3, 0.4) is 0 Å². The van der Waals surface area contributed by atoms with Crippen molar-refractivity contribution in [2.75, 3.05) is 31.5 Å². The van der Waals surface area contributed by atoms with E-state index in [0.717, 1.165) is 49.7 Å². The lowest BCUT2D eigenvalue weighted by Gasteiger charge is -2.42. The highest BCUT2D eigenvalue weighted by molar-refractivity contribution is 6.05. The van der Waals surface area contributed by atoms with Crippen LogP contribution in [0.25, 0.3) is 16.4 Å². The number of hydrogen-bond donors (Lipinski definition) is 2. The summed E-state index contributed by atoms with van der Waals surface area (Å²) in [4.78, 5) is 30.2. The number of nitrogens with zero attached hydrogens (tertiary/aromatic N) is 7.